The van der Waals surface area contributed by atoms with Crippen LogP contribution in [-0.4, -0.2) is 98.9 Å². The van der Waals surface area contributed by atoms with Gasteiger partial charge in [-0.05, 0) is 127 Å². The number of benzene rings is 1. The number of aromatic nitrogens is 1. The van der Waals surface area contributed by atoms with Crippen molar-refractivity contribution in [2.24, 2.45) is 5.92 Å². The van der Waals surface area contributed by atoms with Crippen LogP contribution in [0.4, 0.5) is 24.7 Å². The number of nitrogens with one attached hydrogen (secondary N) is 2. The maximum absolute atomic E-state index is 13.7. The Morgan fingerprint density at radius 1 is 1.05 bits per heavy atom. The zero-order valence-corrected chi connectivity index (χ0v) is 33.5. The fourth-order valence-corrected chi connectivity index (χ4v) is 9.77. The van der Waals surface area contributed by atoms with Crippen LogP contribution in [0.2, 0.25) is 0 Å². The average Bonchev–Trinajstić information content (AvgIpc) is 3.33. The van der Waals surface area contributed by atoms with E-state index in [4.69, 9.17) is 12.2 Å². The number of piperidine rings is 1. The molecule has 4 aliphatic rings. The summed E-state index contributed by atoms with van der Waals surface area (Å²) in [6, 6.07) is 9.21. The number of halogens is 3. The monoisotopic (exact) mass is 794 g/mol. The Morgan fingerprint density at radius 2 is 1.77 bits per heavy atom. The first-order chi connectivity index (χ1) is 26.6. The lowest BCUT2D eigenvalue weighted by atomic mass is 9.81. The Morgan fingerprint density at radius 3 is 2.41 bits per heavy atom. The molecule has 56 heavy (non-hydrogen) atoms. The summed E-state index contributed by atoms with van der Waals surface area (Å²) in [5, 5.41) is 15.3. The molecule has 0 radical (unpaired) electrons. The minimum Gasteiger partial charge on any atom is -0.355 e. The number of pyridine rings is 1. The number of thiocarbonyl (C=S) groups is 1. The first-order valence-electron chi connectivity index (χ1n) is 19.9. The lowest BCUT2D eigenvalue weighted by Gasteiger charge is -2.44. The van der Waals surface area contributed by atoms with Crippen LogP contribution >= 0.6 is 12.2 Å². The second kappa shape index (κ2) is 17.2. The van der Waals surface area contributed by atoms with E-state index in [1.807, 2.05) is 17.0 Å². The van der Waals surface area contributed by atoms with Gasteiger partial charge in [-0.1, -0.05) is 12.8 Å². The number of carbonyl (C=O) groups is 3. The molecular formula is C41H53F3N8O3S. The van der Waals surface area contributed by atoms with E-state index in [0.717, 1.165) is 88.7 Å². The second-order valence-electron chi connectivity index (χ2n) is 16.6. The van der Waals surface area contributed by atoms with Crippen molar-refractivity contribution in [3.8, 4) is 6.07 Å². The zero-order valence-electron chi connectivity index (χ0n) is 32.7. The van der Waals surface area contributed by atoms with Crippen molar-refractivity contribution in [1.82, 2.24) is 25.0 Å². The van der Waals surface area contributed by atoms with E-state index in [1.54, 1.807) is 26.1 Å². The molecule has 11 nitrogen and oxygen atoms in total. The number of unbranched alkanes of at least 4 members (excludes halogenated alkanes) is 1. The van der Waals surface area contributed by atoms with Gasteiger partial charge in [0.15, 0.2) is 5.11 Å². The predicted octanol–water partition coefficient (Wildman–Crippen LogP) is 6.44. The molecule has 0 spiro atoms. The average molecular weight is 795 g/mol. The third kappa shape index (κ3) is 9.19. The number of rotatable bonds is 11. The fraction of sp³-hybridized carbons (Fsp3) is 0.610. The van der Waals surface area contributed by atoms with Crippen LogP contribution in [0.3, 0.4) is 0 Å². The van der Waals surface area contributed by atoms with Gasteiger partial charge in [0.05, 0.1) is 29.4 Å². The highest BCUT2D eigenvalue weighted by molar-refractivity contribution is 7.80. The number of amides is 3. The second-order valence-corrected chi connectivity index (χ2v) is 16.9. The number of alkyl halides is 3. The number of nitrogens with zero attached hydrogens (tertiary/aromatic N) is 6. The highest BCUT2D eigenvalue weighted by Crippen LogP contribution is 2.41. The van der Waals surface area contributed by atoms with Crippen molar-refractivity contribution in [3.05, 3.63) is 53.2 Å². The van der Waals surface area contributed by atoms with Gasteiger partial charge in [0.25, 0.3) is 5.91 Å². The summed E-state index contributed by atoms with van der Waals surface area (Å²) in [6.45, 7) is 11.6. The first kappa shape index (κ1) is 41.5. The van der Waals surface area contributed by atoms with E-state index in [2.05, 4.69) is 39.3 Å². The van der Waals surface area contributed by atoms with Crippen molar-refractivity contribution < 1.29 is 27.6 Å². The summed E-state index contributed by atoms with van der Waals surface area (Å²) in [5.41, 5.74) is -1.50. The molecule has 3 aliphatic heterocycles. The number of nitriles is 1. The SMILES string of the molecule is C[C@@H]1CN(CCCC[C@H]2CC[C@H](N3C(=S)N(c4ccc(C#N)c(C(F)(F)F)c4)C(=O)C3(C)C)CC2)C[C@H](C)N1CC(=O)Nc1cc(C2CCC(=O)NC2)ccn1. The normalized spacial score (nSPS) is 26.2. The van der Waals surface area contributed by atoms with Crippen molar-refractivity contribution in [2.75, 3.05) is 42.9 Å². The minimum atomic E-state index is -4.74. The molecule has 0 bridgehead atoms. The van der Waals surface area contributed by atoms with Gasteiger partial charge in [-0.25, -0.2) is 4.98 Å². The lowest BCUT2D eigenvalue weighted by Crippen LogP contribution is -2.58. The van der Waals surface area contributed by atoms with Crippen LogP contribution in [0.25, 0.3) is 0 Å². The Hall–Kier alpha value is -4.13. The quantitative estimate of drug-likeness (QED) is 0.196. The summed E-state index contributed by atoms with van der Waals surface area (Å²) in [7, 11) is 0. The van der Waals surface area contributed by atoms with Crippen LogP contribution < -0.4 is 15.5 Å². The third-order valence-electron chi connectivity index (χ3n) is 12.2. The van der Waals surface area contributed by atoms with Gasteiger partial charge in [0.1, 0.15) is 11.4 Å². The molecule has 3 atom stereocenters. The van der Waals surface area contributed by atoms with Crippen LogP contribution in [0.15, 0.2) is 36.5 Å². The Balaban J connectivity index is 0.926. The van der Waals surface area contributed by atoms with E-state index < -0.39 is 22.8 Å². The molecule has 2 aromatic rings. The van der Waals surface area contributed by atoms with Gasteiger partial charge in [-0.3, -0.25) is 24.2 Å². The Kier molecular flexibility index (Phi) is 12.7. The van der Waals surface area contributed by atoms with E-state index in [-0.39, 0.29) is 52.6 Å². The minimum absolute atomic E-state index is 0.0121. The van der Waals surface area contributed by atoms with Crippen molar-refractivity contribution in [1.29, 1.82) is 5.26 Å². The van der Waals surface area contributed by atoms with Crippen LogP contribution in [0, 0.1) is 17.2 Å². The molecule has 302 valence electrons. The molecule has 6 rings (SSSR count). The molecule has 1 aromatic heterocycles. The van der Waals surface area contributed by atoms with E-state index in [0.29, 0.717) is 31.2 Å². The van der Waals surface area contributed by atoms with Crippen molar-refractivity contribution in [3.63, 3.8) is 0 Å². The van der Waals surface area contributed by atoms with E-state index in [9.17, 15) is 32.8 Å². The fourth-order valence-electron chi connectivity index (χ4n) is 9.21. The third-order valence-corrected chi connectivity index (χ3v) is 12.6. The highest BCUT2D eigenvalue weighted by Gasteiger charge is 2.52. The number of piperazine rings is 1. The molecule has 3 amide bonds. The number of hydrogen-bond donors (Lipinski definition) is 2. The van der Waals surface area contributed by atoms with Gasteiger partial charge in [0, 0.05) is 56.3 Å². The topological polar surface area (TPSA) is 125 Å². The number of anilines is 2. The van der Waals surface area contributed by atoms with Gasteiger partial charge < -0.3 is 20.4 Å². The van der Waals surface area contributed by atoms with E-state index >= 15 is 0 Å². The lowest BCUT2D eigenvalue weighted by molar-refractivity contribution is -0.137. The summed E-state index contributed by atoms with van der Waals surface area (Å²) in [5.74, 6) is 0.939. The molecule has 15 heteroatoms. The summed E-state index contributed by atoms with van der Waals surface area (Å²) in [4.78, 5) is 50.5. The van der Waals surface area contributed by atoms with Crippen LogP contribution in [-0.2, 0) is 20.6 Å². The maximum Gasteiger partial charge on any atom is 0.417 e. The first-order valence-corrected chi connectivity index (χ1v) is 20.3. The van der Waals surface area contributed by atoms with Gasteiger partial charge >= 0.3 is 6.18 Å². The smallest absolute Gasteiger partial charge is 0.355 e. The molecule has 4 fully saturated rings. The molecular weight excluding hydrogens is 742 g/mol. The van der Waals surface area contributed by atoms with E-state index in [1.165, 1.54) is 11.0 Å². The van der Waals surface area contributed by atoms with Gasteiger partial charge in [-0.15, -0.1) is 0 Å². The molecule has 1 saturated carbocycles. The maximum atomic E-state index is 13.7. The van der Waals surface area contributed by atoms with Crippen molar-refractivity contribution in [2.45, 2.75) is 121 Å². The molecule has 3 saturated heterocycles. The summed E-state index contributed by atoms with van der Waals surface area (Å²) in [6.07, 6.45) is 5.27. The molecule has 1 unspecified atom stereocenters. The number of hydrogen-bond acceptors (Lipinski definition) is 8. The molecule has 4 heterocycles. The molecule has 1 aliphatic carbocycles. The standard InChI is InChI=1S/C41H53F3N8O3S/c1-26-23-49(24-27(2)50(26)25-37(54)48-35-19-29(16-17-46-35)31-11-15-36(53)47-22-31)18-6-5-7-28-8-12-32(13-9-28)52-39(56)51(38(55)40(52,3)4)33-14-10-30(21-45)34(20-33)41(42,43)44/h10,14,16-17,19-20,26-28,31-32H,5-9,11-13,15,18,22-25H2,1-4H3,(H,47,53)(H,46,48,54)/t26-,27+,28-,31?,32-. The molecule has 1 aromatic carbocycles. The van der Waals surface area contributed by atoms with Gasteiger partial charge in [-0.2, -0.15) is 18.4 Å². The van der Waals surface area contributed by atoms with Crippen molar-refractivity contribution >= 4 is 46.6 Å². The largest absolute Gasteiger partial charge is 0.417 e. The zero-order chi connectivity index (χ0) is 40.4. The Labute approximate surface area is 333 Å². The highest BCUT2D eigenvalue weighted by atomic mass is 32.1. The van der Waals surface area contributed by atoms with Crippen LogP contribution in [0.5, 0.6) is 0 Å². The summed E-state index contributed by atoms with van der Waals surface area (Å²) >= 11 is 5.77. The van der Waals surface area contributed by atoms with Gasteiger partial charge in [0.2, 0.25) is 11.8 Å². The van der Waals surface area contributed by atoms with Crippen LogP contribution in [0.1, 0.15) is 108 Å². The Bertz CT molecular complexity index is 1820. The number of carbonyl (C=O) groups excluding carboxylic acids is 3. The summed E-state index contributed by atoms with van der Waals surface area (Å²) < 4.78 is 41.2. The predicted molar refractivity (Wildman–Crippen MR) is 212 cm³/mol. The molecule has 2 N–H and O–H groups in total.